The molecule has 0 unspecified atom stereocenters. The molecule has 2 amide bonds. The number of aromatic nitrogens is 2. The molecule has 0 aliphatic heterocycles. The number of nitrogens with one attached hydrogen (secondary N) is 2. The van der Waals surface area contributed by atoms with Crippen LogP contribution in [0.4, 0.5) is 16.2 Å². The van der Waals surface area contributed by atoms with Gasteiger partial charge in [-0.25, -0.2) is 9.78 Å². The van der Waals surface area contributed by atoms with Crippen LogP contribution in [0.25, 0.3) is 0 Å². The molecular weight excluding hydrogens is 326 g/mol. The maximum atomic E-state index is 12.1. The molecule has 26 heavy (non-hydrogen) atoms. The largest absolute Gasteiger partial charge is 0.378 e. The lowest BCUT2D eigenvalue weighted by atomic mass is 10.2. The van der Waals surface area contributed by atoms with Gasteiger partial charge in [0.2, 0.25) is 0 Å². The quantitative estimate of drug-likeness (QED) is 0.718. The Hall–Kier alpha value is -3.28. The molecule has 0 fully saturated rings. The summed E-state index contributed by atoms with van der Waals surface area (Å²) in [6.45, 7) is 1.24. The van der Waals surface area contributed by atoms with Crippen LogP contribution in [0.2, 0.25) is 0 Å². The normalized spacial score (nSPS) is 10.4. The van der Waals surface area contributed by atoms with Gasteiger partial charge in [0, 0.05) is 51.0 Å². The Kier molecular flexibility index (Phi) is 5.53. The minimum atomic E-state index is -0.220. The van der Waals surface area contributed by atoms with Crippen molar-refractivity contribution in [3.05, 3.63) is 78.4 Å². The number of amides is 2. The highest BCUT2D eigenvalue weighted by molar-refractivity contribution is 5.89. The van der Waals surface area contributed by atoms with Crippen LogP contribution in [-0.2, 0) is 13.1 Å². The third kappa shape index (κ3) is 4.86. The number of imidazole rings is 1. The van der Waals surface area contributed by atoms with Crippen LogP contribution in [0.5, 0.6) is 0 Å². The molecular formula is C20H23N5O. The first kappa shape index (κ1) is 17.5. The zero-order valence-corrected chi connectivity index (χ0v) is 15.0. The number of benzene rings is 2. The maximum absolute atomic E-state index is 12.1. The van der Waals surface area contributed by atoms with Crippen molar-refractivity contribution in [3.8, 4) is 0 Å². The summed E-state index contributed by atoms with van der Waals surface area (Å²) < 4.78 is 2.00. The van der Waals surface area contributed by atoms with Gasteiger partial charge >= 0.3 is 6.03 Å². The monoisotopic (exact) mass is 349 g/mol. The van der Waals surface area contributed by atoms with E-state index in [2.05, 4.69) is 21.7 Å². The van der Waals surface area contributed by atoms with Gasteiger partial charge in [0.05, 0.1) is 6.33 Å². The van der Waals surface area contributed by atoms with E-state index in [0.29, 0.717) is 6.54 Å². The van der Waals surface area contributed by atoms with Gasteiger partial charge in [0.1, 0.15) is 0 Å². The van der Waals surface area contributed by atoms with Gasteiger partial charge in [-0.05, 0) is 35.4 Å². The predicted molar refractivity (Wildman–Crippen MR) is 104 cm³/mol. The van der Waals surface area contributed by atoms with Gasteiger partial charge in [0.25, 0.3) is 0 Å². The van der Waals surface area contributed by atoms with Crippen molar-refractivity contribution >= 4 is 17.4 Å². The summed E-state index contributed by atoms with van der Waals surface area (Å²) in [5, 5.41) is 5.74. The smallest absolute Gasteiger partial charge is 0.319 e. The van der Waals surface area contributed by atoms with Crippen molar-refractivity contribution in [1.82, 2.24) is 14.9 Å². The first-order valence-corrected chi connectivity index (χ1v) is 8.46. The molecule has 134 valence electrons. The van der Waals surface area contributed by atoms with Crippen molar-refractivity contribution in [3.63, 3.8) is 0 Å². The fourth-order valence-electron chi connectivity index (χ4n) is 2.59. The highest BCUT2D eigenvalue weighted by atomic mass is 16.2. The average Bonchev–Trinajstić information content (AvgIpc) is 3.15. The van der Waals surface area contributed by atoms with Crippen LogP contribution < -0.4 is 15.5 Å². The van der Waals surface area contributed by atoms with E-state index in [1.165, 1.54) is 0 Å². The van der Waals surface area contributed by atoms with Gasteiger partial charge in [-0.15, -0.1) is 0 Å². The van der Waals surface area contributed by atoms with E-state index in [1.807, 2.05) is 72.2 Å². The second kappa shape index (κ2) is 8.20. The molecule has 0 spiro atoms. The topological polar surface area (TPSA) is 62.2 Å². The second-order valence-corrected chi connectivity index (χ2v) is 6.30. The average molecular weight is 349 g/mol. The number of carbonyl (C=O) groups is 1. The SMILES string of the molecule is CN(C)c1cccc(CNC(=O)Nc2ccc(Cn3ccnc3)cc2)c1. The van der Waals surface area contributed by atoms with Gasteiger partial charge in [0.15, 0.2) is 0 Å². The molecule has 0 aliphatic carbocycles. The first-order chi connectivity index (χ1) is 12.6. The van der Waals surface area contributed by atoms with Crippen LogP contribution in [0.3, 0.4) is 0 Å². The highest BCUT2D eigenvalue weighted by Gasteiger charge is 2.03. The molecule has 2 N–H and O–H groups in total. The predicted octanol–water partition coefficient (Wildman–Crippen LogP) is 3.32. The Labute approximate surface area is 153 Å². The highest BCUT2D eigenvalue weighted by Crippen LogP contribution is 2.14. The molecule has 3 aromatic rings. The molecule has 6 heteroatoms. The van der Waals surface area contributed by atoms with Crippen molar-refractivity contribution in [2.75, 3.05) is 24.3 Å². The summed E-state index contributed by atoms with van der Waals surface area (Å²) in [6, 6.07) is 15.7. The summed E-state index contributed by atoms with van der Waals surface area (Å²) in [4.78, 5) is 18.2. The van der Waals surface area contributed by atoms with E-state index in [0.717, 1.165) is 29.0 Å². The van der Waals surface area contributed by atoms with Gasteiger partial charge in [-0.2, -0.15) is 0 Å². The summed E-state index contributed by atoms with van der Waals surface area (Å²) in [6.07, 6.45) is 5.46. The van der Waals surface area contributed by atoms with Crippen molar-refractivity contribution in [2.45, 2.75) is 13.1 Å². The molecule has 0 bridgehead atoms. The van der Waals surface area contributed by atoms with Gasteiger partial charge in [-0.3, -0.25) is 0 Å². The Morgan fingerprint density at radius 1 is 1.12 bits per heavy atom. The number of hydrogen-bond donors (Lipinski definition) is 2. The third-order valence-corrected chi connectivity index (χ3v) is 4.02. The lowest BCUT2D eigenvalue weighted by Gasteiger charge is -2.14. The van der Waals surface area contributed by atoms with Crippen molar-refractivity contribution in [1.29, 1.82) is 0 Å². The molecule has 0 saturated carbocycles. The lowest BCUT2D eigenvalue weighted by molar-refractivity contribution is 0.251. The van der Waals surface area contributed by atoms with Crippen molar-refractivity contribution in [2.24, 2.45) is 0 Å². The Bertz CT molecular complexity index is 841. The summed E-state index contributed by atoms with van der Waals surface area (Å²) in [7, 11) is 3.99. The molecule has 2 aromatic carbocycles. The number of rotatable bonds is 6. The fourth-order valence-corrected chi connectivity index (χ4v) is 2.59. The maximum Gasteiger partial charge on any atom is 0.319 e. The van der Waals surface area contributed by atoms with Gasteiger partial charge < -0.3 is 20.1 Å². The Morgan fingerprint density at radius 3 is 2.62 bits per heavy atom. The lowest BCUT2D eigenvalue weighted by Crippen LogP contribution is -2.28. The first-order valence-electron chi connectivity index (χ1n) is 8.46. The zero-order valence-electron chi connectivity index (χ0n) is 15.0. The summed E-state index contributed by atoms with van der Waals surface area (Å²) in [5.41, 5.74) is 4.08. The molecule has 1 aromatic heterocycles. The van der Waals surface area contributed by atoms with E-state index in [1.54, 1.807) is 12.5 Å². The number of anilines is 2. The van der Waals surface area contributed by atoms with E-state index in [-0.39, 0.29) is 6.03 Å². The second-order valence-electron chi connectivity index (χ2n) is 6.30. The fraction of sp³-hybridized carbons (Fsp3) is 0.200. The van der Waals surface area contributed by atoms with Crippen LogP contribution in [0, 0.1) is 0 Å². The molecule has 3 rings (SSSR count). The third-order valence-electron chi connectivity index (χ3n) is 4.02. The molecule has 6 nitrogen and oxygen atoms in total. The van der Waals surface area contributed by atoms with Crippen LogP contribution in [-0.4, -0.2) is 29.7 Å². The Balaban J connectivity index is 1.51. The molecule has 0 saturated heterocycles. The molecule has 0 radical (unpaired) electrons. The standard InChI is InChI=1S/C20H23N5O/c1-24(2)19-5-3-4-17(12-19)13-22-20(26)23-18-8-6-16(7-9-18)14-25-11-10-21-15-25/h3-12,15H,13-14H2,1-2H3,(H2,22,23,26). The van der Waals surface area contributed by atoms with E-state index in [9.17, 15) is 4.79 Å². The van der Waals surface area contributed by atoms with E-state index < -0.39 is 0 Å². The number of nitrogens with zero attached hydrogens (tertiary/aromatic N) is 3. The Morgan fingerprint density at radius 2 is 1.92 bits per heavy atom. The number of carbonyl (C=O) groups excluding carboxylic acids is 1. The minimum absolute atomic E-state index is 0.220. The molecule has 1 heterocycles. The molecule has 0 atom stereocenters. The van der Waals surface area contributed by atoms with Crippen LogP contribution in [0.15, 0.2) is 67.3 Å². The number of urea groups is 1. The zero-order chi connectivity index (χ0) is 18.4. The van der Waals surface area contributed by atoms with E-state index in [4.69, 9.17) is 0 Å². The minimum Gasteiger partial charge on any atom is -0.378 e. The van der Waals surface area contributed by atoms with E-state index >= 15 is 0 Å². The number of hydrogen-bond acceptors (Lipinski definition) is 3. The molecule has 0 aliphatic rings. The van der Waals surface area contributed by atoms with Crippen molar-refractivity contribution < 1.29 is 4.79 Å². The summed E-state index contributed by atoms with van der Waals surface area (Å²) in [5.74, 6) is 0. The summed E-state index contributed by atoms with van der Waals surface area (Å²) >= 11 is 0. The van der Waals surface area contributed by atoms with Gasteiger partial charge in [-0.1, -0.05) is 24.3 Å². The van der Waals surface area contributed by atoms with Crippen LogP contribution in [0.1, 0.15) is 11.1 Å². The van der Waals surface area contributed by atoms with Crippen LogP contribution >= 0.6 is 0 Å².